The molecule has 0 radical (unpaired) electrons. The third-order valence-corrected chi connectivity index (χ3v) is 3.14. The standard InChI is InChI=1S/C16H14F3N3O3/c1-2-8-22(10-14(23)20-13-7-9-25-21-13)15(24)11-3-5-12(6-4-11)16(17,18)19/h2-7,9H,1,8,10H2,(H,20,21,23). The van der Waals surface area contributed by atoms with E-state index in [1.165, 1.54) is 18.4 Å². The van der Waals surface area contributed by atoms with Gasteiger partial charge in [-0.3, -0.25) is 9.59 Å². The van der Waals surface area contributed by atoms with Crippen LogP contribution in [0, 0.1) is 0 Å². The average molecular weight is 353 g/mol. The molecular formula is C16H14F3N3O3. The van der Waals surface area contributed by atoms with Gasteiger partial charge in [0.05, 0.1) is 5.56 Å². The fourth-order valence-electron chi connectivity index (χ4n) is 1.99. The predicted octanol–water partition coefficient (Wildman–Crippen LogP) is 2.96. The third kappa shape index (κ3) is 4.93. The molecule has 0 bridgehead atoms. The van der Waals surface area contributed by atoms with Gasteiger partial charge in [0.15, 0.2) is 5.82 Å². The number of benzene rings is 1. The van der Waals surface area contributed by atoms with Crippen molar-refractivity contribution in [2.75, 3.05) is 18.4 Å². The molecule has 2 aromatic rings. The summed E-state index contributed by atoms with van der Waals surface area (Å²) in [6.07, 6.45) is -1.81. The number of carbonyl (C=O) groups excluding carboxylic acids is 2. The third-order valence-electron chi connectivity index (χ3n) is 3.14. The number of hydrogen-bond acceptors (Lipinski definition) is 4. The fourth-order valence-corrected chi connectivity index (χ4v) is 1.99. The van der Waals surface area contributed by atoms with Crippen LogP contribution in [0.15, 0.2) is 53.8 Å². The van der Waals surface area contributed by atoms with Crippen molar-refractivity contribution in [3.63, 3.8) is 0 Å². The summed E-state index contributed by atoms with van der Waals surface area (Å²) >= 11 is 0. The molecule has 132 valence electrons. The second-order valence-corrected chi connectivity index (χ2v) is 4.98. The lowest BCUT2D eigenvalue weighted by Crippen LogP contribution is -2.38. The molecule has 9 heteroatoms. The maximum Gasteiger partial charge on any atom is 0.416 e. The van der Waals surface area contributed by atoms with Gasteiger partial charge in [0, 0.05) is 18.2 Å². The minimum Gasteiger partial charge on any atom is -0.363 e. The quantitative estimate of drug-likeness (QED) is 0.810. The molecule has 0 spiro atoms. The first-order valence-corrected chi connectivity index (χ1v) is 7.09. The summed E-state index contributed by atoms with van der Waals surface area (Å²) in [5, 5.41) is 5.93. The van der Waals surface area contributed by atoms with E-state index in [0.717, 1.165) is 29.2 Å². The lowest BCUT2D eigenvalue weighted by atomic mass is 10.1. The number of nitrogens with zero attached hydrogens (tertiary/aromatic N) is 2. The van der Waals surface area contributed by atoms with Crippen LogP contribution in [-0.4, -0.2) is 35.0 Å². The normalized spacial score (nSPS) is 11.0. The van der Waals surface area contributed by atoms with Gasteiger partial charge in [-0.25, -0.2) is 0 Å². The summed E-state index contributed by atoms with van der Waals surface area (Å²) in [5.74, 6) is -0.939. The number of halogens is 3. The van der Waals surface area contributed by atoms with Crippen molar-refractivity contribution in [3.8, 4) is 0 Å². The van der Waals surface area contributed by atoms with Gasteiger partial charge in [0.1, 0.15) is 12.8 Å². The minimum absolute atomic E-state index is 0.0316. The van der Waals surface area contributed by atoms with E-state index >= 15 is 0 Å². The molecule has 0 aliphatic rings. The number of carbonyl (C=O) groups is 2. The average Bonchev–Trinajstić information content (AvgIpc) is 3.06. The largest absolute Gasteiger partial charge is 0.416 e. The highest BCUT2D eigenvalue weighted by molar-refractivity contribution is 5.99. The number of amides is 2. The van der Waals surface area contributed by atoms with Crippen molar-refractivity contribution in [3.05, 3.63) is 60.4 Å². The number of alkyl halides is 3. The molecule has 0 fully saturated rings. The smallest absolute Gasteiger partial charge is 0.363 e. The van der Waals surface area contributed by atoms with Crippen LogP contribution in [0.4, 0.5) is 19.0 Å². The van der Waals surface area contributed by atoms with Gasteiger partial charge in [0.25, 0.3) is 5.91 Å². The Balaban J connectivity index is 2.09. The summed E-state index contributed by atoms with van der Waals surface area (Å²) in [6, 6.07) is 5.19. The van der Waals surface area contributed by atoms with E-state index in [9.17, 15) is 22.8 Å². The Bertz CT molecular complexity index is 740. The maximum atomic E-state index is 12.6. The van der Waals surface area contributed by atoms with Crippen LogP contribution >= 0.6 is 0 Å². The molecule has 0 aliphatic carbocycles. The summed E-state index contributed by atoms with van der Waals surface area (Å²) in [5.41, 5.74) is -0.827. The van der Waals surface area contributed by atoms with Crippen molar-refractivity contribution in [1.29, 1.82) is 0 Å². The summed E-state index contributed by atoms with van der Waals surface area (Å²) in [6.45, 7) is 3.23. The van der Waals surface area contributed by atoms with Gasteiger partial charge in [0.2, 0.25) is 5.91 Å². The summed E-state index contributed by atoms with van der Waals surface area (Å²) in [7, 11) is 0. The van der Waals surface area contributed by atoms with Gasteiger partial charge in [-0.05, 0) is 24.3 Å². The lowest BCUT2D eigenvalue weighted by molar-refractivity contribution is -0.137. The molecule has 6 nitrogen and oxygen atoms in total. The van der Waals surface area contributed by atoms with E-state index < -0.39 is 23.6 Å². The molecule has 1 aromatic carbocycles. The van der Waals surface area contributed by atoms with E-state index in [1.54, 1.807) is 0 Å². The number of aromatic nitrogens is 1. The first kappa shape index (κ1) is 18.2. The highest BCUT2D eigenvalue weighted by atomic mass is 19.4. The summed E-state index contributed by atoms with van der Waals surface area (Å²) < 4.78 is 42.3. The number of rotatable bonds is 6. The van der Waals surface area contributed by atoms with Crippen LogP contribution in [0.2, 0.25) is 0 Å². The van der Waals surface area contributed by atoms with Crippen LogP contribution in [0.25, 0.3) is 0 Å². The van der Waals surface area contributed by atoms with E-state index in [4.69, 9.17) is 0 Å². The highest BCUT2D eigenvalue weighted by Crippen LogP contribution is 2.29. The van der Waals surface area contributed by atoms with E-state index in [-0.39, 0.29) is 24.5 Å². The van der Waals surface area contributed by atoms with Crippen LogP contribution in [0.1, 0.15) is 15.9 Å². The first-order valence-electron chi connectivity index (χ1n) is 7.09. The molecular weight excluding hydrogens is 339 g/mol. The van der Waals surface area contributed by atoms with Gasteiger partial charge >= 0.3 is 6.18 Å². The van der Waals surface area contributed by atoms with Crippen molar-refractivity contribution in [2.24, 2.45) is 0 Å². The van der Waals surface area contributed by atoms with Gasteiger partial charge in [-0.1, -0.05) is 11.2 Å². The molecule has 2 amide bonds. The zero-order chi connectivity index (χ0) is 18.4. The van der Waals surface area contributed by atoms with Gasteiger partial charge in [-0.15, -0.1) is 6.58 Å². The second kappa shape index (κ2) is 7.65. The zero-order valence-corrected chi connectivity index (χ0v) is 12.9. The van der Waals surface area contributed by atoms with Crippen LogP contribution < -0.4 is 5.32 Å². The van der Waals surface area contributed by atoms with Crippen LogP contribution in [0.3, 0.4) is 0 Å². The molecule has 1 N–H and O–H groups in total. The van der Waals surface area contributed by atoms with Crippen molar-refractivity contribution in [2.45, 2.75) is 6.18 Å². The molecule has 2 rings (SSSR count). The van der Waals surface area contributed by atoms with Crippen molar-refractivity contribution in [1.82, 2.24) is 10.1 Å². The first-order chi connectivity index (χ1) is 11.8. The Morgan fingerprint density at radius 2 is 1.92 bits per heavy atom. The van der Waals surface area contributed by atoms with E-state index in [0.29, 0.717) is 0 Å². The molecule has 1 aromatic heterocycles. The molecule has 0 unspecified atom stereocenters. The number of hydrogen-bond donors (Lipinski definition) is 1. The Morgan fingerprint density at radius 3 is 2.44 bits per heavy atom. The monoisotopic (exact) mass is 353 g/mol. The van der Waals surface area contributed by atoms with Crippen LogP contribution in [0.5, 0.6) is 0 Å². The Morgan fingerprint density at radius 1 is 1.24 bits per heavy atom. The SMILES string of the molecule is C=CCN(CC(=O)Nc1ccon1)C(=O)c1ccc(C(F)(F)F)cc1. The molecule has 0 saturated carbocycles. The topological polar surface area (TPSA) is 75.4 Å². The van der Waals surface area contributed by atoms with Crippen molar-refractivity contribution >= 4 is 17.6 Å². The van der Waals surface area contributed by atoms with Crippen molar-refractivity contribution < 1.29 is 27.3 Å². The second-order valence-electron chi connectivity index (χ2n) is 4.98. The van der Waals surface area contributed by atoms with Gasteiger partial charge in [-0.2, -0.15) is 13.2 Å². The molecule has 25 heavy (non-hydrogen) atoms. The minimum atomic E-state index is -4.49. The molecule has 0 atom stereocenters. The number of anilines is 1. The Hall–Kier alpha value is -3.10. The van der Waals surface area contributed by atoms with E-state index in [2.05, 4.69) is 21.6 Å². The Labute approximate surface area is 140 Å². The zero-order valence-electron chi connectivity index (χ0n) is 12.9. The van der Waals surface area contributed by atoms with Gasteiger partial charge < -0.3 is 14.7 Å². The van der Waals surface area contributed by atoms with Crippen LogP contribution in [-0.2, 0) is 11.0 Å². The fraction of sp³-hybridized carbons (Fsp3) is 0.188. The highest BCUT2D eigenvalue weighted by Gasteiger charge is 2.30. The molecule has 0 saturated heterocycles. The lowest BCUT2D eigenvalue weighted by Gasteiger charge is -2.20. The molecule has 1 heterocycles. The predicted molar refractivity (Wildman–Crippen MR) is 82.7 cm³/mol. The maximum absolute atomic E-state index is 12.6. The summed E-state index contributed by atoms with van der Waals surface area (Å²) in [4.78, 5) is 25.5. The van der Waals surface area contributed by atoms with E-state index in [1.807, 2.05) is 0 Å². The number of nitrogens with one attached hydrogen (secondary N) is 1. The Kier molecular flexibility index (Phi) is 5.58. The molecule has 0 aliphatic heterocycles.